The fraction of sp³-hybridized carbons (Fsp3) is 0.263. The summed E-state index contributed by atoms with van der Waals surface area (Å²) in [5.74, 6) is -1.61. The number of esters is 2. The van der Waals surface area contributed by atoms with Gasteiger partial charge in [0.1, 0.15) is 10.6 Å². The van der Waals surface area contributed by atoms with Gasteiger partial charge in [0.05, 0.1) is 5.56 Å². The minimum Gasteiger partial charge on any atom is -0.450 e. The van der Waals surface area contributed by atoms with Crippen molar-refractivity contribution in [1.82, 2.24) is 0 Å². The second-order valence-corrected chi connectivity index (χ2v) is 8.95. The Balaban J connectivity index is 2.11. The Morgan fingerprint density at radius 3 is 2.29 bits per heavy atom. The van der Waals surface area contributed by atoms with Crippen LogP contribution >= 0.6 is 22.6 Å². The number of aryl methyl sites for hydroxylation is 1. The highest BCUT2D eigenvalue weighted by molar-refractivity contribution is 14.1. The van der Waals surface area contributed by atoms with Crippen LogP contribution in [0.3, 0.4) is 0 Å². The van der Waals surface area contributed by atoms with E-state index in [0.717, 1.165) is 3.57 Å². The van der Waals surface area contributed by atoms with Crippen LogP contribution in [-0.4, -0.2) is 31.5 Å². The Bertz CT molecular complexity index is 996. The van der Waals surface area contributed by atoms with Crippen LogP contribution < -0.4 is 4.74 Å². The summed E-state index contributed by atoms with van der Waals surface area (Å²) >= 11 is 2.10. The fourth-order valence-electron chi connectivity index (χ4n) is 2.56. The molecule has 2 aromatic carbocycles. The molecule has 28 heavy (non-hydrogen) atoms. The van der Waals surface area contributed by atoms with Crippen molar-refractivity contribution in [2.24, 2.45) is 0 Å². The molecule has 0 unspecified atom stereocenters. The van der Waals surface area contributed by atoms with E-state index in [9.17, 15) is 22.6 Å². The lowest BCUT2D eigenvalue weighted by atomic mass is 10.0. The van der Waals surface area contributed by atoms with Gasteiger partial charge in [-0.25, -0.2) is 9.59 Å². The molecule has 0 aliphatic carbocycles. The van der Waals surface area contributed by atoms with Crippen LogP contribution in [0.15, 0.2) is 41.3 Å². The van der Waals surface area contributed by atoms with Gasteiger partial charge < -0.3 is 9.47 Å². The summed E-state index contributed by atoms with van der Waals surface area (Å²) in [7, 11) is -4.42. The maximum atomic E-state index is 12.0. The molecule has 7 nitrogen and oxygen atoms in total. The van der Waals surface area contributed by atoms with Gasteiger partial charge in [-0.05, 0) is 83.0 Å². The first kappa shape index (κ1) is 22.3. The SMILES string of the molecule is Cc1cc(OC(=O)COC(=O)c2ccc(I)cc2)cc(C(C)C)c1S(=O)(=O)O. The van der Waals surface area contributed by atoms with Crippen molar-refractivity contribution >= 4 is 44.6 Å². The number of halogens is 1. The smallest absolute Gasteiger partial charge is 0.349 e. The zero-order valence-electron chi connectivity index (χ0n) is 15.4. The van der Waals surface area contributed by atoms with Gasteiger partial charge in [-0.3, -0.25) is 4.55 Å². The molecule has 2 aromatic rings. The molecule has 0 aliphatic heterocycles. The number of benzene rings is 2. The highest BCUT2D eigenvalue weighted by atomic mass is 127. The van der Waals surface area contributed by atoms with Crippen LogP contribution in [0, 0.1) is 10.5 Å². The minimum atomic E-state index is -4.42. The number of carbonyl (C=O) groups is 2. The Labute approximate surface area is 176 Å². The molecule has 9 heteroatoms. The third kappa shape index (κ3) is 5.76. The third-order valence-corrected chi connectivity index (χ3v) is 5.58. The number of rotatable bonds is 6. The van der Waals surface area contributed by atoms with E-state index in [0.29, 0.717) is 11.1 Å². The molecule has 0 saturated carbocycles. The first-order valence-corrected chi connectivity index (χ1v) is 10.8. The van der Waals surface area contributed by atoms with E-state index in [1.54, 1.807) is 38.1 Å². The second-order valence-electron chi connectivity index (χ2n) is 6.35. The Kier molecular flexibility index (Phi) is 7.18. The third-order valence-electron chi connectivity index (χ3n) is 3.79. The number of hydrogen-bond donors (Lipinski definition) is 1. The van der Waals surface area contributed by atoms with Gasteiger partial charge in [-0.15, -0.1) is 0 Å². The van der Waals surface area contributed by atoms with Crippen molar-refractivity contribution < 1.29 is 32.0 Å². The normalized spacial score (nSPS) is 11.4. The quantitative estimate of drug-likeness (QED) is 0.269. The van der Waals surface area contributed by atoms with E-state index >= 15 is 0 Å². The maximum Gasteiger partial charge on any atom is 0.349 e. The molecule has 0 amide bonds. The zero-order valence-corrected chi connectivity index (χ0v) is 18.4. The van der Waals surface area contributed by atoms with E-state index in [2.05, 4.69) is 22.6 Å². The number of hydrogen-bond acceptors (Lipinski definition) is 6. The molecule has 0 fully saturated rings. The van der Waals surface area contributed by atoms with Gasteiger partial charge in [-0.1, -0.05) is 13.8 Å². The first-order valence-electron chi connectivity index (χ1n) is 8.24. The summed E-state index contributed by atoms with van der Waals surface area (Å²) in [5.41, 5.74) is 0.872. The van der Waals surface area contributed by atoms with Gasteiger partial charge in [0.15, 0.2) is 6.61 Å². The van der Waals surface area contributed by atoms with Crippen LogP contribution in [0.25, 0.3) is 0 Å². The molecule has 0 bridgehead atoms. The van der Waals surface area contributed by atoms with Gasteiger partial charge in [-0.2, -0.15) is 8.42 Å². The summed E-state index contributed by atoms with van der Waals surface area (Å²) in [5, 5.41) is 0. The average molecular weight is 518 g/mol. The summed E-state index contributed by atoms with van der Waals surface area (Å²) in [4.78, 5) is 23.7. The average Bonchev–Trinajstić information content (AvgIpc) is 2.58. The molecule has 0 aliphatic rings. The van der Waals surface area contributed by atoms with Crippen LogP contribution in [-0.2, 0) is 19.6 Å². The van der Waals surface area contributed by atoms with E-state index in [1.807, 2.05) is 0 Å². The van der Waals surface area contributed by atoms with Gasteiger partial charge in [0.2, 0.25) is 0 Å². The Hall–Kier alpha value is -1.98. The Morgan fingerprint density at radius 2 is 1.75 bits per heavy atom. The van der Waals surface area contributed by atoms with Crippen molar-refractivity contribution in [3.05, 3.63) is 56.7 Å². The minimum absolute atomic E-state index is 0.101. The van der Waals surface area contributed by atoms with Crippen molar-refractivity contribution in [3.63, 3.8) is 0 Å². The standard InChI is InChI=1S/C19H19IO7S/c1-11(2)16-9-15(8-12(3)18(16)28(23,24)25)27-17(21)10-26-19(22)13-4-6-14(20)7-5-13/h4-9,11H,10H2,1-3H3,(H,23,24,25). The van der Waals surface area contributed by atoms with Crippen molar-refractivity contribution in [2.45, 2.75) is 31.6 Å². The van der Waals surface area contributed by atoms with Crippen molar-refractivity contribution in [2.75, 3.05) is 6.61 Å². The lowest BCUT2D eigenvalue weighted by Gasteiger charge is -2.15. The lowest BCUT2D eigenvalue weighted by Crippen LogP contribution is -2.19. The molecule has 150 valence electrons. The van der Waals surface area contributed by atoms with Crippen molar-refractivity contribution in [3.8, 4) is 5.75 Å². The van der Waals surface area contributed by atoms with Crippen LogP contribution in [0.2, 0.25) is 0 Å². The molecule has 0 heterocycles. The molecule has 0 saturated heterocycles. The largest absolute Gasteiger partial charge is 0.450 e. The first-order chi connectivity index (χ1) is 13.0. The molecule has 1 N–H and O–H groups in total. The molecule has 0 atom stereocenters. The van der Waals surface area contributed by atoms with E-state index in [1.165, 1.54) is 19.1 Å². The molecular formula is C19H19IO7S. The molecule has 0 spiro atoms. The molecular weight excluding hydrogens is 499 g/mol. The second kappa shape index (κ2) is 9.01. The van der Waals surface area contributed by atoms with Crippen LogP contribution in [0.5, 0.6) is 5.75 Å². The van der Waals surface area contributed by atoms with E-state index < -0.39 is 28.7 Å². The summed E-state index contributed by atoms with van der Waals surface area (Å²) in [6, 6.07) is 9.35. The highest BCUT2D eigenvalue weighted by Gasteiger charge is 2.22. The number of ether oxygens (including phenoxy) is 2. The maximum absolute atomic E-state index is 12.0. The van der Waals surface area contributed by atoms with Gasteiger partial charge in [0, 0.05) is 3.57 Å². The monoisotopic (exact) mass is 518 g/mol. The van der Waals surface area contributed by atoms with Crippen LogP contribution in [0.4, 0.5) is 0 Å². The molecule has 0 aromatic heterocycles. The van der Waals surface area contributed by atoms with Gasteiger partial charge in [0.25, 0.3) is 10.1 Å². The van der Waals surface area contributed by atoms with E-state index in [-0.39, 0.29) is 22.1 Å². The molecule has 0 radical (unpaired) electrons. The van der Waals surface area contributed by atoms with Crippen molar-refractivity contribution in [1.29, 1.82) is 0 Å². The Morgan fingerprint density at radius 1 is 1.14 bits per heavy atom. The lowest BCUT2D eigenvalue weighted by molar-refractivity contribution is -0.137. The van der Waals surface area contributed by atoms with Crippen LogP contribution in [0.1, 0.15) is 41.3 Å². The van der Waals surface area contributed by atoms with Gasteiger partial charge >= 0.3 is 11.9 Å². The van der Waals surface area contributed by atoms with E-state index in [4.69, 9.17) is 9.47 Å². The topological polar surface area (TPSA) is 107 Å². The molecule has 2 rings (SSSR count). The fourth-order valence-corrected chi connectivity index (χ4v) is 3.98. The summed E-state index contributed by atoms with van der Waals surface area (Å²) < 4.78 is 43.8. The predicted octanol–water partition coefficient (Wildman–Crippen LogP) is 3.73. The highest BCUT2D eigenvalue weighted by Crippen LogP contribution is 2.31. The number of carbonyl (C=O) groups excluding carboxylic acids is 2. The predicted molar refractivity (Wildman–Crippen MR) is 110 cm³/mol. The zero-order chi connectivity index (χ0) is 21.1. The summed E-state index contributed by atoms with van der Waals surface area (Å²) in [6.45, 7) is 4.39. The summed E-state index contributed by atoms with van der Waals surface area (Å²) in [6.07, 6.45) is 0.